The number of hydrogen-bond donors (Lipinski definition) is 2. The van der Waals surface area contributed by atoms with Gasteiger partial charge in [-0.1, -0.05) is 12.1 Å². The molecular formula is C18H21N5O2. The fraction of sp³-hybridized carbons (Fsp3) is 0.333. The molecular weight excluding hydrogens is 318 g/mol. The van der Waals surface area contributed by atoms with Gasteiger partial charge < -0.3 is 10.6 Å². The van der Waals surface area contributed by atoms with Crippen LogP contribution in [0.25, 0.3) is 0 Å². The van der Waals surface area contributed by atoms with Gasteiger partial charge in [0.15, 0.2) is 0 Å². The SMILES string of the molecule is CNC(=O)[C@H]1CN(Cc2cccnc2)C[C@@H]1NC(=O)c1ccccn1. The van der Waals surface area contributed by atoms with Crippen molar-refractivity contribution < 1.29 is 9.59 Å². The molecule has 1 fully saturated rings. The van der Waals surface area contributed by atoms with Crippen LogP contribution < -0.4 is 10.6 Å². The van der Waals surface area contributed by atoms with Crippen molar-refractivity contribution in [3.05, 3.63) is 60.2 Å². The minimum atomic E-state index is -0.297. The Morgan fingerprint density at radius 3 is 2.76 bits per heavy atom. The van der Waals surface area contributed by atoms with Crippen molar-refractivity contribution in [2.24, 2.45) is 5.92 Å². The van der Waals surface area contributed by atoms with Gasteiger partial charge in [0.25, 0.3) is 5.91 Å². The third-order valence-electron chi connectivity index (χ3n) is 4.32. The Morgan fingerprint density at radius 1 is 1.20 bits per heavy atom. The van der Waals surface area contributed by atoms with Gasteiger partial charge in [0.05, 0.1) is 12.0 Å². The van der Waals surface area contributed by atoms with E-state index in [0.29, 0.717) is 25.3 Å². The maximum Gasteiger partial charge on any atom is 0.270 e. The van der Waals surface area contributed by atoms with E-state index in [-0.39, 0.29) is 23.8 Å². The predicted molar refractivity (Wildman–Crippen MR) is 92.6 cm³/mol. The highest BCUT2D eigenvalue weighted by Gasteiger charge is 2.38. The molecule has 1 aliphatic heterocycles. The van der Waals surface area contributed by atoms with Crippen molar-refractivity contribution >= 4 is 11.8 Å². The molecule has 0 radical (unpaired) electrons. The summed E-state index contributed by atoms with van der Waals surface area (Å²) in [7, 11) is 1.61. The summed E-state index contributed by atoms with van der Waals surface area (Å²) in [5.41, 5.74) is 1.43. The second-order valence-corrected chi connectivity index (χ2v) is 6.07. The number of hydrogen-bond acceptors (Lipinski definition) is 5. The second-order valence-electron chi connectivity index (χ2n) is 6.07. The molecule has 0 aliphatic carbocycles. The maximum absolute atomic E-state index is 12.4. The molecule has 0 spiro atoms. The molecule has 2 aromatic heterocycles. The zero-order chi connectivity index (χ0) is 17.6. The lowest BCUT2D eigenvalue weighted by Crippen LogP contribution is -2.45. The van der Waals surface area contributed by atoms with E-state index in [9.17, 15) is 9.59 Å². The van der Waals surface area contributed by atoms with E-state index in [2.05, 4.69) is 25.5 Å². The van der Waals surface area contributed by atoms with E-state index in [0.717, 1.165) is 5.56 Å². The highest BCUT2D eigenvalue weighted by atomic mass is 16.2. The van der Waals surface area contributed by atoms with Gasteiger partial charge in [-0.15, -0.1) is 0 Å². The number of aromatic nitrogens is 2. The number of rotatable bonds is 5. The smallest absolute Gasteiger partial charge is 0.270 e. The monoisotopic (exact) mass is 339 g/mol. The number of carbonyl (C=O) groups excluding carboxylic acids is 2. The lowest BCUT2D eigenvalue weighted by molar-refractivity contribution is -0.124. The van der Waals surface area contributed by atoms with Gasteiger partial charge in [0.1, 0.15) is 5.69 Å². The molecule has 1 aliphatic rings. The fourth-order valence-electron chi connectivity index (χ4n) is 3.10. The lowest BCUT2D eigenvalue weighted by Gasteiger charge is -2.18. The van der Waals surface area contributed by atoms with Gasteiger partial charge in [0.2, 0.25) is 5.91 Å². The quantitative estimate of drug-likeness (QED) is 0.826. The van der Waals surface area contributed by atoms with Gasteiger partial charge >= 0.3 is 0 Å². The second kappa shape index (κ2) is 7.85. The van der Waals surface area contributed by atoms with Gasteiger partial charge in [-0.25, -0.2) is 0 Å². The minimum absolute atomic E-state index is 0.0694. The summed E-state index contributed by atoms with van der Waals surface area (Å²) >= 11 is 0. The number of likely N-dealkylation sites (tertiary alicyclic amines) is 1. The van der Waals surface area contributed by atoms with Crippen molar-refractivity contribution in [1.29, 1.82) is 0 Å². The van der Waals surface area contributed by atoms with Gasteiger partial charge in [-0.05, 0) is 23.8 Å². The standard InChI is InChI=1S/C18H21N5O2/c1-19-17(24)14-11-23(10-13-5-4-7-20-9-13)12-16(14)22-18(25)15-6-2-3-8-21-15/h2-9,14,16H,10-12H2,1H3,(H,19,24)(H,22,25)/t14-,16-/m0/s1. The summed E-state index contributed by atoms with van der Waals surface area (Å²) in [6.07, 6.45) is 5.12. The van der Waals surface area contributed by atoms with Crippen LogP contribution in [-0.4, -0.2) is 52.9 Å². The van der Waals surface area contributed by atoms with Gasteiger partial charge in [-0.3, -0.25) is 24.5 Å². The Hall–Kier alpha value is -2.80. The van der Waals surface area contributed by atoms with E-state index in [1.165, 1.54) is 0 Å². The van der Waals surface area contributed by atoms with Crippen LogP contribution in [0.5, 0.6) is 0 Å². The number of pyridine rings is 2. The van der Waals surface area contributed by atoms with Gasteiger partial charge in [0, 0.05) is 45.3 Å². The predicted octanol–water partition coefficient (Wildman–Crippen LogP) is 0.453. The van der Waals surface area contributed by atoms with Crippen LogP contribution in [0.1, 0.15) is 16.1 Å². The van der Waals surface area contributed by atoms with Crippen molar-refractivity contribution in [3.63, 3.8) is 0 Å². The highest BCUT2D eigenvalue weighted by molar-refractivity contribution is 5.93. The number of nitrogens with zero attached hydrogens (tertiary/aromatic N) is 3. The first-order valence-corrected chi connectivity index (χ1v) is 8.22. The van der Waals surface area contributed by atoms with Crippen LogP contribution in [0, 0.1) is 5.92 Å². The zero-order valence-corrected chi connectivity index (χ0v) is 14.1. The van der Waals surface area contributed by atoms with Crippen molar-refractivity contribution in [2.75, 3.05) is 20.1 Å². The average molecular weight is 339 g/mol. The fourth-order valence-corrected chi connectivity index (χ4v) is 3.10. The molecule has 0 aromatic carbocycles. The lowest BCUT2D eigenvalue weighted by atomic mass is 10.0. The largest absolute Gasteiger partial charge is 0.359 e. The van der Waals surface area contributed by atoms with Gasteiger partial charge in [-0.2, -0.15) is 0 Å². The Morgan fingerprint density at radius 2 is 2.08 bits per heavy atom. The normalized spacial score (nSPS) is 20.2. The molecule has 1 saturated heterocycles. The van der Waals surface area contributed by atoms with Crippen LogP contribution in [-0.2, 0) is 11.3 Å². The zero-order valence-electron chi connectivity index (χ0n) is 14.1. The molecule has 2 aromatic rings. The summed E-state index contributed by atoms with van der Waals surface area (Å²) in [6.45, 7) is 1.88. The molecule has 2 atom stereocenters. The summed E-state index contributed by atoms with van der Waals surface area (Å²) < 4.78 is 0. The van der Waals surface area contributed by atoms with Crippen LogP contribution in [0.15, 0.2) is 48.9 Å². The van der Waals surface area contributed by atoms with E-state index >= 15 is 0 Å². The molecule has 7 heteroatoms. The Bertz CT molecular complexity index is 723. The van der Waals surface area contributed by atoms with Crippen LogP contribution in [0.2, 0.25) is 0 Å². The van der Waals surface area contributed by atoms with E-state index < -0.39 is 0 Å². The Labute approximate surface area is 146 Å². The van der Waals surface area contributed by atoms with Crippen LogP contribution in [0.4, 0.5) is 0 Å². The van der Waals surface area contributed by atoms with Crippen LogP contribution in [0.3, 0.4) is 0 Å². The summed E-state index contributed by atoms with van der Waals surface area (Å²) in [5.74, 6) is -0.628. The molecule has 0 unspecified atom stereocenters. The Balaban J connectivity index is 1.69. The number of amides is 2. The van der Waals surface area contributed by atoms with Crippen molar-refractivity contribution in [1.82, 2.24) is 25.5 Å². The number of carbonyl (C=O) groups is 2. The molecule has 2 amide bonds. The maximum atomic E-state index is 12.4. The first-order chi connectivity index (χ1) is 12.2. The van der Waals surface area contributed by atoms with Crippen LogP contribution >= 0.6 is 0 Å². The van der Waals surface area contributed by atoms with Crippen molar-refractivity contribution in [3.8, 4) is 0 Å². The Kier molecular flexibility index (Phi) is 5.35. The van der Waals surface area contributed by atoms with E-state index in [1.54, 1.807) is 37.6 Å². The van der Waals surface area contributed by atoms with E-state index in [1.807, 2.05) is 18.3 Å². The van der Waals surface area contributed by atoms with E-state index in [4.69, 9.17) is 0 Å². The van der Waals surface area contributed by atoms with Crippen molar-refractivity contribution in [2.45, 2.75) is 12.6 Å². The molecule has 3 heterocycles. The first-order valence-electron chi connectivity index (χ1n) is 8.22. The third-order valence-corrected chi connectivity index (χ3v) is 4.32. The summed E-state index contributed by atoms with van der Waals surface area (Å²) in [5, 5.41) is 5.65. The third kappa shape index (κ3) is 4.19. The minimum Gasteiger partial charge on any atom is -0.359 e. The molecule has 0 bridgehead atoms. The molecule has 0 saturated carbocycles. The molecule has 3 rings (SSSR count). The molecule has 7 nitrogen and oxygen atoms in total. The highest BCUT2D eigenvalue weighted by Crippen LogP contribution is 2.20. The summed E-state index contributed by atoms with van der Waals surface area (Å²) in [4.78, 5) is 34.9. The number of nitrogens with one attached hydrogen (secondary N) is 2. The molecule has 130 valence electrons. The first kappa shape index (κ1) is 17.0. The average Bonchev–Trinajstić information content (AvgIpc) is 3.04. The summed E-state index contributed by atoms with van der Waals surface area (Å²) in [6, 6.07) is 8.82. The molecule has 25 heavy (non-hydrogen) atoms. The molecule has 2 N–H and O–H groups in total. The topological polar surface area (TPSA) is 87.2 Å².